The SMILES string of the molecule is O=C1NSC=C2SC(N3CCN(c4ccc(F)cc4)CC3)C=C12. The number of hydrogen-bond acceptors (Lipinski definition) is 5. The van der Waals surface area contributed by atoms with Crippen molar-refractivity contribution in [1.29, 1.82) is 0 Å². The van der Waals surface area contributed by atoms with Crippen LogP contribution in [0.5, 0.6) is 0 Å². The Labute approximate surface area is 142 Å². The standard InChI is InChI=1S/C16H16FN3OS2/c17-11-1-3-12(4-2-11)19-5-7-20(8-6-19)15-9-13-14(23-15)10-22-18-16(13)21/h1-4,9-10,15H,5-8H2,(H,18,21). The maximum absolute atomic E-state index is 13.0. The Balaban J connectivity index is 1.41. The summed E-state index contributed by atoms with van der Waals surface area (Å²) in [7, 11) is 0. The Morgan fingerprint density at radius 1 is 1.13 bits per heavy atom. The van der Waals surface area contributed by atoms with Crippen molar-refractivity contribution in [3.63, 3.8) is 0 Å². The molecule has 23 heavy (non-hydrogen) atoms. The number of carbonyl (C=O) groups excluding carboxylic acids is 1. The van der Waals surface area contributed by atoms with Gasteiger partial charge in [-0.05, 0) is 42.3 Å². The summed E-state index contributed by atoms with van der Waals surface area (Å²) < 4.78 is 15.8. The van der Waals surface area contributed by atoms with Gasteiger partial charge in [-0.2, -0.15) is 0 Å². The molecule has 1 fully saturated rings. The number of halogens is 1. The Kier molecular flexibility index (Phi) is 4.09. The minimum Gasteiger partial charge on any atom is -0.369 e. The average molecular weight is 349 g/mol. The maximum atomic E-state index is 13.0. The number of amides is 1. The van der Waals surface area contributed by atoms with Crippen molar-refractivity contribution in [3.05, 3.63) is 52.0 Å². The second-order valence-corrected chi connectivity index (χ2v) is 7.45. The molecule has 1 unspecified atom stereocenters. The van der Waals surface area contributed by atoms with Crippen LogP contribution in [0.2, 0.25) is 0 Å². The fourth-order valence-corrected chi connectivity index (χ4v) is 4.98. The molecule has 7 heteroatoms. The first-order valence-corrected chi connectivity index (χ1v) is 9.26. The van der Waals surface area contributed by atoms with Crippen LogP contribution in [0.4, 0.5) is 10.1 Å². The Hall–Kier alpha value is -1.44. The Bertz CT molecular complexity index is 681. The second kappa shape index (κ2) is 6.22. The fourth-order valence-electron chi connectivity index (χ4n) is 2.99. The van der Waals surface area contributed by atoms with Gasteiger partial charge in [0.25, 0.3) is 5.91 Å². The Morgan fingerprint density at radius 3 is 2.57 bits per heavy atom. The zero-order chi connectivity index (χ0) is 15.8. The molecule has 0 bridgehead atoms. The lowest BCUT2D eigenvalue weighted by Crippen LogP contribution is -2.48. The van der Waals surface area contributed by atoms with Crippen molar-refractivity contribution in [1.82, 2.24) is 9.62 Å². The number of rotatable bonds is 2. The van der Waals surface area contributed by atoms with Crippen LogP contribution in [0.1, 0.15) is 0 Å². The average Bonchev–Trinajstić information content (AvgIpc) is 3.01. The summed E-state index contributed by atoms with van der Waals surface area (Å²) in [6.07, 6.45) is 2.07. The number of piperazine rings is 1. The highest BCUT2D eigenvalue weighted by Crippen LogP contribution is 2.42. The van der Waals surface area contributed by atoms with Crippen LogP contribution in [-0.4, -0.2) is 42.4 Å². The highest BCUT2D eigenvalue weighted by molar-refractivity contribution is 8.07. The van der Waals surface area contributed by atoms with Gasteiger partial charge in [0.2, 0.25) is 0 Å². The largest absolute Gasteiger partial charge is 0.369 e. The van der Waals surface area contributed by atoms with Gasteiger partial charge in [0.15, 0.2) is 0 Å². The number of carbonyl (C=O) groups is 1. The summed E-state index contributed by atoms with van der Waals surface area (Å²) in [4.78, 5) is 17.6. The number of benzene rings is 1. The maximum Gasteiger partial charge on any atom is 0.262 e. The predicted molar refractivity (Wildman–Crippen MR) is 93.5 cm³/mol. The molecule has 120 valence electrons. The lowest BCUT2D eigenvalue weighted by Gasteiger charge is -2.38. The smallest absolute Gasteiger partial charge is 0.262 e. The number of nitrogens with one attached hydrogen (secondary N) is 1. The topological polar surface area (TPSA) is 35.6 Å². The van der Waals surface area contributed by atoms with Crippen LogP contribution in [0, 0.1) is 5.82 Å². The molecular formula is C16H16FN3OS2. The number of anilines is 1. The molecule has 0 radical (unpaired) electrons. The van der Waals surface area contributed by atoms with Crippen molar-refractivity contribution in [2.45, 2.75) is 5.37 Å². The molecule has 3 heterocycles. The third-order valence-corrected chi connectivity index (χ3v) is 6.32. The van der Waals surface area contributed by atoms with Crippen LogP contribution in [-0.2, 0) is 4.79 Å². The van der Waals surface area contributed by atoms with E-state index in [1.54, 1.807) is 11.8 Å². The predicted octanol–water partition coefficient (Wildman–Crippen LogP) is 2.57. The van der Waals surface area contributed by atoms with E-state index in [1.165, 1.54) is 24.1 Å². The lowest BCUT2D eigenvalue weighted by molar-refractivity contribution is -0.115. The van der Waals surface area contributed by atoms with Gasteiger partial charge in [0.05, 0.1) is 10.9 Å². The molecule has 0 spiro atoms. The molecule has 4 nitrogen and oxygen atoms in total. The number of fused-ring (bicyclic) bond motifs is 1. The van der Waals surface area contributed by atoms with Crippen LogP contribution >= 0.6 is 23.7 Å². The van der Waals surface area contributed by atoms with E-state index in [0.29, 0.717) is 0 Å². The number of nitrogens with zero attached hydrogens (tertiary/aromatic N) is 2. The molecule has 1 saturated heterocycles. The molecule has 1 amide bonds. The molecule has 4 rings (SSSR count). The van der Waals surface area contributed by atoms with Crippen molar-refractivity contribution >= 4 is 35.3 Å². The van der Waals surface area contributed by atoms with E-state index in [9.17, 15) is 9.18 Å². The molecule has 3 aliphatic rings. The third-order valence-electron chi connectivity index (χ3n) is 4.25. The van der Waals surface area contributed by atoms with Crippen molar-refractivity contribution in [3.8, 4) is 0 Å². The van der Waals surface area contributed by atoms with Crippen LogP contribution < -0.4 is 9.62 Å². The number of hydrogen-bond donors (Lipinski definition) is 1. The lowest BCUT2D eigenvalue weighted by atomic mass is 10.2. The van der Waals surface area contributed by atoms with E-state index in [1.807, 2.05) is 17.5 Å². The van der Waals surface area contributed by atoms with Crippen molar-refractivity contribution in [2.24, 2.45) is 0 Å². The normalized spacial score (nSPS) is 24.8. The summed E-state index contributed by atoms with van der Waals surface area (Å²) in [6.45, 7) is 3.68. The number of thioether (sulfide) groups is 1. The van der Waals surface area contributed by atoms with Crippen LogP contribution in [0.3, 0.4) is 0 Å². The van der Waals surface area contributed by atoms with Crippen LogP contribution in [0.25, 0.3) is 0 Å². The first kappa shape index (κ1) is 15.1. The van der Waals surface area contributed by atoms with E-state index >= 15 is 0 Å². The van der Waals surface area contributed by atoms with E-state index in [2.05, 4.69) is 20.6 Å². The van der Waals surface area contributed by atoms with Gasteiger partial charge in [-0.1, -0.05) is 0 Å². The van der Waals surface area contributed by atoms with Gasteiger partial charge in [-0.15, -0.1) is 11.8 Å². The zero-order valence-electron chi connectivity index (χ0n) is 12.4. The first-order valence-electron chi connectivity index (χ1n) is 7.50. The summed E-state index contributed by atoms with van der Waals surface area (Å²) in [5, 5.41) is 2.24. The highest BCUT2D eigenvalue weighted by Gasteiger charge is 2.33. The summed E-state index contributed by atoms with van der Waals surface area (Å²) >= 11 is 3.09. The minimum absolute atomic E-state index is 0.00690. The molecule has 0 aliphatic carbocycles. The summed E-state index contributed by atoms with van der Waals surface area (Å²) in [5.41, 5.74) is 1.87. The highest BCUT2D eigenvalue weighted by atomic mass is 32.2. The van der Waals surface area contributed by atoms with Gasteiger partial charge in [-0.3, -0.25) is 14.4 Å². The molecule has 0 saturated carbocycles. The molecule has 1 aromatic carbocycles. The van der Waals surface area contributed by atoms with E-state index in [-0.39, 0.29) is 17.1 Å². The molecule has 1 atom stereocenters. The van der Waals surface area contributed by atoms with Gasteiger partial charge >= 0.3 is 0 Å². The van der Waals surface area contributed by atoms with E-state index < -0.39 is 0 Å². The Morgan fingerprint density at radius 2 is 1.87 bits per heavy atom. The molecule has 3 aliphatic heterocycles. The molecule has 0 aromatic heterocycles. The summed E-state index contributed by atoms with van der Waals surface area (Å²) in [5.74, 6) is -0.194. The monoisotopic (exact) mass is 349 g/mol. The minimum atomic E-state index is -0.201. The summed E-state index contributed by atoms with van der Waals surface area (Å²) in [6, 6.07) is 6.68. The fraction of sp³-hybridized carbons (Fsp3) is 0.312. The second-order valence-electron chi connectivity index (χ2n) is 5.62. The van der Waals surface area contributed by atoms with E-state index in [0.717, 1.165) is 42.3 Å². The van der Waals surface area contributed by atoms with Crippen molar-refractivity contribution in [2.75, 3.05) is 31.1 Å². The van der Waals surface area contributed by atoms with Gasteiger partial charge < -0.3 is 4.90 Å². The van der Waals surface area contributed by atoms with E-state index in [4.69, 9.17) is 0 Å². The van der Waals surface area contributed by atoms with Gasteiger partial charge in [0, 0.05) is 42.2 Å². The van der Waals surface area contributed by atoms with Gasteiger partial charge in [-0.25, -0.2) is 4.39 Å². The third kappa shape index (κ3) is 3.00. The van der Waals surface area contributed by atoms with Crippen molar-refractivity contribution < 1.29 is 9.18 Å². The first-order chi connectivity index (χ1) is 11.2. The van der Waals surface area contributed by atoms with Crippen LogP contribution in [0.15, 0.2) is 46.2 Å². The molecule has 1 aromatic rings. The molecule has 1 N–H and O–H groups in total. The quantitative estimate of drug-likeness (QED) is 0.831. The zero-order valence-corrected chi connectivity index (χ0v) is 14.0. The molecular weight excluding hydrogens is 333 g/mol. The van der Waals surface area contributed by atoms with Gasteiger partial charge in [0.1, 0.15) is 5.82 Å².